The van der Waals surface area contributed by atoms with Crippen molar-refractivity contribution in [3.05, 3.63) is 22.7 Å². The maximum absolute atomic E-state index is 12.1. The third-order valence-electron chi connectivity index (χ3n) is 3.61. The van der Waals surface area contributed by atoms with Crippen LogP contribution in [0.25, 0.3) is 0 Å². The predicted octanol–water partition coefficient (Wildman–Crippen LogP) is -0.396. The van der Waals surface area contributed by atoms with E-state index in [-0.39, 0.29) is 5.82 Å². The van der Waals surface area contributed by atoms with Crippen LogP contribution in [-0.2, 0) is 31.6 Å². The number of aromatic nitrogens is 2. The van der Waals surface area contributed by atoms with Crippen LogP contribution in [0.1, 0.15) is 6.23 Å². The zero-order chi connectivity index (χ0) is 24.5. The van der Waals surface area contributed by atoms with Crippen LogP contribution in [0.3, 0.4) is 0 Å². The first-order chi connectivity index (χ1) is 14.5. The van der Waals surface area contributed by atoms with Gasteiger partial charge in [-0.3, -0.25) is 9.09 Å². The van der Waals surface area contributed by atoms with E-state index >= 15 is 0 Å². The van der Waals surface area contributed by atoms with Gasteiger partial charge in [-0.15, -0.1) is 0 Å². The summed E-state index contributed by atoms with van der Waals surface area (Å²) in [5, 5.41) is 12.4. The molecule has 16 nitrogen and oxygen atoms in total. The Morgan fingerprint density at radius 3 is 2.41 bits per heavy atom. The molecule has 0 bridgehead atoms. The third-order valence-corrected chi connectivity index (χ3v) is 8.01. The number of nitrogens with zero attached hydrogens (tertiary/aromatic N) is 2. The van der Waals surface area contributed by atoms with Crippen LogP contribution in [0.2, 0.25) is 0 Å². The minimum absolute atomic E-state index is 0.141. The van der Waals surface area contributed by atoms with Crippen molar-refractivity contribution >= 4 is 52.5 Å². The molecule has 180 valence electrons. The van der Waals surface area contributed by atoms with E-state index in [1.54, 1.807) is 0 Å². The third kappa shape index (κ3) is 6.83. The normalized spacial score (nSPS) is 29.5. The smallest absolute Gasteiger partial charge is 0.387 e. The highest BCUT2D eigenvalue weighted by atomic mass is 35.5. The molecule has 0 saturated carbocycles. The van der Waals surface area contributed by atoms with E-state index in [2.05, 4.69) is 24.0 Å². The minimum Gasteiger partial charge on any atom is -0.387 e. The Balaban J connectivity index is 2.23. The van der Waals surface area contributed by atoms with Gasteiger partial charge in [-0.1, -0.05) is 17.5 Å². The second kappa shape index (κ2) is 9.79. The lowest BCUT2D eigenvalue weighted by atomic mass is 9.99. The first-order valence-electron chi connectivity index (χ1n) is 7.78. The average Bonchev–Trinajstić information content (AvgIpc) is 2.82. The van der Waals surface area contributed by atoms with E-state index in [0.717, 1.165) is 10.8 Å². The van der Waals surface area contributed by atoms with Crippen LogP contribution in [0.4, 0.5) is 5.82 Å². The van der Waals surface area contributed by atoms with Gasteiger partial charge in [-0.2, -0.15) is 13.6 Å². The SMILES string of the molecule is Nc1ccn([C@@H]2O[C@H](COP(=O)(O)OP(=O)(O)OP(=O)(O)O)[C@H](O)C2(Cl)C#CCl)c(=O)n1. The molecule has 0 aromatic carbocycles. The van der Waals surface area contributed by atoms with E-state index in [9.17, 15) is 28.5 Å². The monoisotopic (exact) mass is 559 g/mol. The summed E-state index contributed by atoms with van der Waals surface area (Å²) in [7, 11) is -16.9. The Bertz CT molecular complexity index is 1130. The number of nitrogens with two attached hydrogens (primary N) is 1. The zero-order valence-electron chi connectivity index (χ0n) is 15.2. The molecule has 1 aliphatic rings. The fraction of sp³-hybridized carbons (Fsp3) is 0.455. The van der Waals surface area contributed by atoms with Crippen molar-refractivity contribution in [2.75, 3.05) is 12.3 Å². The largest absolute Gasteiger partial charge is 0.490 e. The molecule has 0 aliphatic carbocycles. The zero-order valence-corrected chi connectivity index (χ0v) is 19.4. The van der Waals surface area contributed by atoms with Crippen molar-refractivity contribution in [3.8, 4) is 11.3 Å². The lowest BCUT2D eigenvalue weighted by molar-refractivity contribution is -0.0455. The summed E-state index contributed by atoms with van der Waals surface area (Å²) in [6, 6.07) is 1.20. The van der Waals surface area contributed by atoms with Crippen molar-refractivity contribution in [2.24, 2.45) is 0 Å². The van der Waals surface area contributed by atoms with Crippen LogP contribution in [-0.4, -0.2) is 57.9 Å². The number of nitrogen functional groups attached to an aromatic ring is 1. The summed E-state index contributed by atoms with van der Waals surface area (Å²) in [5.74, 6) is 2.09. The molecule has 7 N–H and O–H groups in total. The Labute approximate surface area is 188 Å². The maximum Gasteiger partial charge on any atom is 0.490 e. The number of ether oxygens (including phenoxy) is 1. The quantitative estimate of drug-likeness (QED) is 0.135. The molecular formula is C11H14Cl2N3O13P3. The molecule has 1 aromatic rings. The van der Waals surface area contributed by atoms with Gasteiger partial charge in [0.1, 0.15) is 18.0 Å². The number of alkyl halides is 1. The number of rotatable bonds is 8. The number of hydrogen-bond acceptors (Lipinski definition) is 11. The summed E-state index contributed by atoms with van der Waals surface area (Å²) >= 11 is 11.7. The van der Waals surface area contributed by atoms with Crippen molar-refractivity contribution in [1.29, 1.82) is 0 Å². The van der Waals surface area contributed by atoms with Gasteiger partial charge >= 0.3 is 29.2 Å². The fourth-order valence-electron chi connectivity index (χ4n) is 2.44. The molecular weight excluding hydrogens is 546 g/mol. The van der Waals surface area contributed by atoms with E-state index in [1.807, 2.05) is 5.38 Å². The van der Waals surface area contributed by atoms with Gasteiger partial charge in [0.05, 0.1) is 6.61 Å². The van der Waals surface area contributed by atoms with Crippen LogP contribution >= 0.6 is 46.7 Å². The van der Waals surface area contributed by atoms with Crippen LogP contribution in [0.5, 0.6) is 0 Å². The summed E-state index contributed by atoms with van der Waals surface area (Å²) < 4.78 is 51.6. The standard InChI is InChI=1S/C11H14Cl2N3O13P3/c12-3-2-11(13)8(17)6(27-9(11)16-4-1-7(14)15-10(16)18)5-26-31(22,23)29-32(24,25)28-30(19,20)21/h1,4,6,8-9,17H,5H2,(H,22,23)(H,24,25)(H2,14,15,18)(H2,19,20,21)/t6-,8+,9-,11?/m1/s1. The Hall–Kier alpha value is -0.850. The number of phosphoric ester groups is 1. The van der Waals surface area contributed by atoms with Gasteiger partial charge in [-0.05, 0) is 17.7 Å². The van der Waals surface area contributed by atoms with Crippen molar-refractivity contribution in [2.45, 2.75) is 23.3 Å². The van der Waals surface area contributed by atoms with Crippen LogP contribution in [0, 0.1) is 11.3 Å². The molecule has 1 aliphatic heterocycles. The van der Waals surface area contributed by atoms with Gasteiger partial charge < -0.3 is 35.2 Å². The first-order valence-corrected chi connectivity index (χ1v) is 13.1. The summed E-state index contributed by atoms with van der Waals surface area (Å²) in [4.78, 5) is 49.2. The molecule has 1 saturated heterocycles. The summed E-state index contributed by atoms with van der Waals surface area (Å²) in [6.07, 6.45) is -3.90. The molecule has 2 heterocycles. The lowest BCUT2D eigenvalue weighted by Crippen LogP contribution is -2.43. The highest BCUT2D eigenvalue weighted by Gasteiger charge is 2.56. The lowest BCUT2D eigenvalue weighted by Gasteiger charge is -2.25. The number of hydrogen-bond donors (Lipinski definition) is 6. The van der Waals surface area contributed by atoms with Gasteiger partial charge in [0.15, 0.2) is 11.1 Å². The van der Waals surface area contributed by atoms with E-state index < -0.39 is 59.1 Å². The van der Waals surface area contributed by atoms with Gasteiger partial charge in [0, 0.05) is 11.6 Å². The average molecular weight is 560 g/mol. The Morgan fingerprint density at radius 1 is 1.25 bits per heavy atom. The number of anilines is 1. The second-order valence-corrected chi connectivity index (χ2v) is 11.1. The number of aliphatic hydroxyl groups is 1. The summed E-state index contributed by atoms with van der Waals surface area (Å²) in [5.41, 5.74) is 4.44. The summed E-state index contributed by atoms with van der Waals surface area (Å²) in [6.45, 7) is -1.06. The van der Waals surface area contributed by atoms with Crippen molar-refractivity contribution in [1.82, 2.24) is 9.55 Å². The number of halogens is 2. The van der Waals surface area contributed by atoms with Crippen LogP contribution in [0.15, 0.2) is 17.1 Å². The van der Waals surface area contributed by atoms with Crippen molar-refractivity contribution < 1.29 is 56.3 Å². The van der Waals surface area contributed by atoms with E-state index in [0.29, 0.717) is 0 Å². The molecule has 1 aromatic heterocycles. The highest BCUT2D eigenvalue weighted by molar-refractivity contribution is 7.66. The molecule has 0 spiro atoms. The fourth-order valence-corrected chi connectivity index (χ4v) is 6.02. The van der Waals surface area contributed by atoms with Crippen molar-refractivity contribution in [3.63, 3.8) is 0 Å². The molecule has 3 unspecified atom stereocenters. The predicted molar refractivity (Wildman–Crippen MR) is 105 cm³/mol. The molecule has 2 rings (SSSR count). The van der Waals surface area contributed by atoms with Gasteiger partial charge in [0.2, 0.25) is 0 Å². The number of aliphatic hydroxyl groups excluding tert-OH is 1. The van der Waals surface area contributed by atoms with Gasteiger partial charge in [0.25, 0.3) is 0 Å². The molecule has 1 fully saturated rings. The highest BCUT2D eigenvalue weighted by Crippen LogP contribution is 2.66. The minimum atomic E-state index is -5.76. The molecule has 6 atom stereocenters. The topological polar surface area (TPSA) is 250 Å². The second-order valence-electron chi connectivity index (χ2n) is 5.89. The van der Waals surface area contributed by atoms with Crippen LogP contribution < -0.4 is 11.4 Å². The van der Waals surface area contributed by atoms with Gasteiger partial charge in [-0.25, -0.2) is 18.5 Å². The number of phosphoric acid groups is 3. The Kier molecular flexibility index (Phi) is 8.38. The maximum atomic E-state index is 12.1. The first kappa shape index (κ1) is 27.4. The van der Waals surface area contributed by atoms with E-state index in [1.165, 1.54) is 6.07 Å². The Morgan fingerprint density at radius 2 is 1.88 bits per heavy atom. The molecule has 0 radical (unpaired) electrons. The molecule has 32 heavy (non-hydrogen) atoms. The van der Waals surface area contributed by atoms with E-state index in [4.69, 9.17) is 48.4 Å². The molecule has 0 amide bonds. The molecule has 21 heteroatoms.